The van der Waals surface area contributed by atoms with Crippen molar-refractivity contribution < 1.29 is 14.3 Å². The van der Waals surface area contributed by atoms with Crippen LogP contribution in [0, 0.1) is 18.8 Å². The standard InChI is InChI=1S/C22H28N4O3/c1-16-23-9-12-25(16)14-17-7-10-24(11-8-17)22(28)18-13-21(27)26(15-18)19-3-5-20(29-2)6-4-19/h3-6,9,12,17-18H,7-8,10-11,13-15H2,1-2H3. The summed E-state index contributed by atoms with van der Waals surface area (Å²) < 4.78 is 7.36. The van der Waals surface area contributed by atoms with Crippen molar-refractivity contribution >= 4 is 17.5 Å². The molecule has 1 aromatic carbocycles. The second-order valence-electron chi connectivity index (χ2n) is 8.00. The third kappa shape index (κ3) is 4.13. The van der Waals surface area contributed by atoms with E-state index in [4.69, 9.17) is 4.74 Å². The highest BCUT2D eigenvalue weighted by atomic mass is 16.5. The average Bonchev–Trinajstić information content (AvgIpc) is 3.33. The summed E-state index contributed by atoms with van der Waals surface area (Å²) >= 11 is 0. The molecule has 0 radical (unpaired) electrons. The number of imidazole rings is 1. The highest BCUT2D eigenvalue weighted by molar-refractivity contribution is 6.00. The van der Waals surface area contributed by atoms with Crippen LogP contribution >= 0.6 is 0 Å². The molecular weight excluding hydrogens is 368 g/mol. The van der Waals surface area contributed by atoms with Crippen molar-refractivity contribution in [3.05, 3.63) is 42.5 Å². The number of ether oxygens (including phenoxy) is 1. The van der Waals surface area contributed by atoms with Crippen LogP contribution in [-0.2, 0) is 16.1 Å². The Morgan fingerprint density at radius 2 is 1.93 bits per heavy atom. The summed E-state index contributed by atoms with van der Waals surface area (Å²) in [6.45, 7) is 4.97. The van der Waals surface area contributed by atoms with Crippen LogP contribution < -0.4 is 9.64 Å². The fourth-order valence-corrected chi connectivity index (χ4v) is 4.35. The van der Waals surface area contributed by atoms with Crippen LogP contribution in [0.1, 0.15) is 25.1 Å². The Hall–Kier alpha value is -2.83. The van der Waals surface area contributed by atoms with E-state index in [1.807, 2.05) is 48.5 Å². The molecule has 2 fully saturated rings. The van der Waals surface area contributed by atoms with Gasteiger partial charge >= 0.3 is 0 Å². The number of aromatic nitrogens is 2. The lowest BCUT2D eigenvalue weighted by Gasteiger charge is -2.33. The zero-order valence-electron chi connectivity index (χ0n) is 17.1. The van der Waals surface area contributed by atoms with Gasteiger partial charge < -0.3 is 19.1 Å². The van der Waals surface area contributed by atoms with Crippen LogP contribution in [0.2, 0.25) is 0 Å². The molecule has 1 unspecified atom stereocenters. The van der Waals surface area contributed by atoms with Crippen molar-refractivity contribution in [2.24, 2.45) is 11.8 Å². The maximum Gasteiger partial charge on any atom is 0.228 e. The Morgan fingerprint density at radius 1 is 1.21 bits per heavy atom. The fraction of sp³-hybridized carbons (Fsp3) is 0.500. The lowest BCUT2D eigenvalue weighted by molar-refractivity contribution is -0.137. The van der Waals surface area contributed by atoms with Gasteiger partial charge in [-0.25, -0.2) is 4.98 Å². The molecule has 3 heterocycles. The van der Waals surface area contributed by atoms with Crippen LogP contribution in [0.5, 0.6) is 5.75 Å². The number of hydrogen-bond acceptors (Lipinski definition) is 4. The molecule has 0 N–H and O–H groups in total. The first-order valence-electron chi connectivity index (χ1n) is 10.3. The number of benzene rings is 1. The van der Waals surface area contributed by atoms with Crippen molar-refractivity contribution in [3.63, 3.8) is 0 Å². The van der Waals surface area contributed by atoms with Crippen molar-refractivity contribution in [2.45, 2.75) is 32.7 Å². The maximum atomic E-state index is 13.0. The van der Waals surface area contributed by atoms with E-state index in [1.54, 1.807) is 12.0 Å². The van der Waals surface area contributed by atoms with Crippen LogP contribution in [0.3, 0.4) is 0 Å². The van der Waals surface area contributed by atoms with E-state index in [0.29, 0.717) is 18.9 Å². The second-order valence-corrected chi connectivity index (χ2v) is 8.00. The number of piperidine rings is 1. The quantitative estimate of drug-likeness (QED) is 0.779. The summed E-state index contributed by atoms with van der Waals surface area (Å²) in [4.78, 5) is 33.5. The smallest absolute Gasteiger partial charge is 0.228 e. The van der Waals surface area contributed by atoms with Gasteiger partial charge in [-0.05, 0) is 49.9 Å². The summed E-state index contributed by atoms with van der Waals surface area (Å²) in [5.74, 6) is 2.23. The third-order valence-corrected chi connectivity index (χ3v) is 6.16. The maximum absolute atomic E-state index is 13.0. The van der Waals surface area contributed by atoms with Crippen molar-refractivity contribution in [3.8, 4) is 5.75 Å². The largest absolute Gasteiger partial charge is 0.497 e. The molecule has 1 atom stereocenters. The predicted molar refractivity (Wildman–Crippen MR) is 110 cm³/mol. The van der Waals surface area contributed by atoms with Gasteiger partial charge in [-0.2, -0.15) is 0 Å². The number of carbonyl (C=O) groups excluding carboxylic acids is 2. The lowest BCUT2D eigenvalue weighted by atomic mass is 9.95. The van der Waals surface area contributed by atoms with E-state index in [9.17, 15) is 9.59 Å². The van der Waals surface area contributed by atoms with Crippen molar-refractivity contribution in [1.82, 2.24) is 14.5 Å². The molecule has 7 heteroatoms. The number of carbonyl (C=O) groups is 2. The number of anilines is 1. The van der Waals surface area contributed by atoms with Gasteiger partial charge in [0.15, 0.2) is 0 Å². The van der Waals surface area contributed by atoms with E-state index in [1.165, 1.54) is 0 Å². The highest BCUT2D eigenvalue weighted by Crippen LogP contribution is 2.29. The van der Waals surface area contributed by atoms with Gasteiger partial charge in [-0.15, -0.1) is 0 Å². The van der Waals surface area contributed by atoms with Gasteiger partial charge in [0.05, 0.1) is 13.0 Å². The Kier molecular flexibility index (Phi) is 5.56. The molecule has 0 spiro atoms. The number of aryl methyl sites for hydroxylation is 1. The minimum atomic E-state index is -0.253. The summed E-state index contributed by atoms with van der Waals surface area (Å²) in [6.07, 6.45) is 6.13. The van der Waals surface area contributed by atoms with Gasteiger partial charge in [0.1, 0.15) is 11.6 Å². The van der Waals surface area contributed by atoms with E-state index in [-0.39, 0.29) is 17.7 Å². The number of methoxy groups -OCH3 is 1. The van der Waals surface area contributed by atoms with E-state index >= 15 is 0 Å². The third-order valence-electron chi connectivity index (χ3n) is 6.16. The highest BCUT2D eigenvalue weighted by Gasteiger charge is 2.38. The van der Waals surface area contributed by atoms with Crippen LogP contribution in [0.25, 0.3) is 0 Å². The molecule has 0 aliphatic carbocycles. The Morgan fingerprint density at radius 3 is 2.55 bits per heavy atom. The molecule has 0 bridgehead atoms. The number of amides is 2. The zero-order chi connectivity index (χ0) is 20.4. The van der Waals surface area contributed by atoms with Gasteiger partial charge in [0.2, 0.25) is 11.8 Å². The molecule has 154 valence electrons. The summed E-state index contributed by atoms with van der Waals surface area (Å²) in [5.41, 5.74) is 0.820. The van der Waals surface area contributed by atoms with Crippen molar-refractivity contribution in [1.29, 1.82) is 0 Å². The summed E-state index contributed by atoms with van der Waals surface area (Å²) in [6, 6.07) is 7.41. The first-order valence-corrected chi connectivity index (χ1v) is 10.3. The first-order chi connectivity index (χ1) is 14.0. The van der Waals surface area contributed by atoms with Crippen LogP contribution in [-0.4, -0.2) is 53.0 Å². The number of likely N-dealkylation sites (tertiary alicyclic amines) is 1. The lowest BCUT2D eigenvalue weighted by Crippen LogP contribution is -2.43. The van der Waals surface area contributed by atoms with Crippen LogP contribution in [0.4, 0.5) is 5.69 Å². The molecule has 2 saturated heterocycles. The molecule has 29 heavy (non-hydrogen) atoms. The molecule has 0 saturated carbocycles. The summed E-state index contributed by atoms with van der Waals surface area (Å²) in [5, 5.41) is 0. The zero-order valence-corrected chi connectivity index (χ0v) is 17.1. The molecule has 4 rings (SSSR count). The topological polar surface area (TPSA) is 67.7 Å². The number of hydrogen-bond donors (Lipinski definition) is 0. The first kappa shape index (κ1) is 19.5. The van der Waals surface area contributed by atoms with Gasteiger partial charge in [-0.3, -0.25) is 9.59 Å². The minimum absolute atomic E-state index is 0.0129. The van der Waals surface area contributed by atoms with E-state index < -0.39 is 0 Å². The molecule has 2 aliphatic rings. The summed E-state index contributed by atoms with van der Waals surface area (Å²) in [7, 11) is 1.62. The van der Waals surface area contributed by atoms with Gasteiger partial charge in [0.25, 0.3) is 0 Å². The van der Waals surface area contributed by atoms with E-state index in [2.05, 4.69) is 9.55 Å². The molecule has 7 nitrogen and oxygen atoms in total. The Bertz CT molecular complexity index is 868. The predicted octanol–water partition coefficient (Wildman–Crippen LogP) is 2.49. The monoisotopic (exact) mass is 396 g/mol. The molecule has 2 aliphatic heterocycles. The average molecular weight is 396 g/mol. The molecule has 2 amide bonds. The Balaban J connectivity index is 1.32. The Labute approximate surface area is 171 Å². The molecule has 2 aromatic rings. The number of rotatable bonds is 5. The SMILES string of the molecule is COc1ccc(N2CC(C(=O)N3CCC(Cn4ccnc4C)CC3)CC2=O)cc1. The van der Waals surface area contributed by atoms with E-state index in [0.717, 1.165) is 49.7 Å². The van der Waals surface area contributed by atoms with Crippen molar-refractivity contribution in [2.75, 3.05) is 31.6 Å². The van der Waals surface area contributed by atoms with Gasteiger partial charge in [0, 0.05) is 50.7 Å². The molecular formula is C22H28N4O3. The number of nitrogens with zero attached hydrogens (tertiary/aromatic N) is 4. The van der Waals surface area contributed by atoms with Crippen LogP contribution in [0.15, 0.2) is 36.7 Å². The van der Waals surface area contributed by atoms with Gasteiger partial charge in [-0.1, -0.05) is 0 Å². The minimum Gasteiger partial charge on any atom is -0.497 e. The normalized spacial score (nSPS) is 20.3. The fourth-order valence-electron chi connectivity index (χ4n) is 4.35. The second kappa shape index (κ2) is 8.27. The molecule has 1 aromatic heterocycles.